The van der Waals surface area contributed by atoms with Crippen LogP contribution < -0.4 is 5.32 Å². The summed E-state index contributed by atoms with van der Waals surface area (Å²) in [5.41, 5.74) is 1.04. The summed E-state index contributed by atoms with van der Waals surface area (Å²) in [6, 6.07) is 0. The highest BCUT2D eigenvalue weighted by Gasteiger charge is 2.17. The molecule has 1 aromatic heterocycles. The van der Waals surface area contributed by atoms with Gasteiger partial charge in [0, 0.05) is 11.5 Å². The van der Waals surface area contributed by atoms with E-state index in [9.17, 15) is 4.79 Å². The molecule has 0 radical (unpaired) electrons. The van der Waals surface area contributed by atoms with Crippen molar-refractivity contribution in [3.63, 3.8) is 0 Å². The molecule has 0 saturated heterocycles. The van der Waals surface area contributed by atoms with Gasteiger partial charge in [0.05, 0.1) is 6.20 Å². The average molecular weight is 209 g/mol. The van der Waals surface area contributed by atoms with Gasteiger partial charge in [0.25, 0.3) is 0 Å². The van der Waals surface area contributed by atoms with Crippen molar-refractivity contribution in [3.8, 4) is 0 Å². The first-order chi connectivity index (χ1) is 7.06. The first-order valence-corrected chi connectivity index (χ1v) is 5.39. The number of aromatic nitrogens is 2. The zero-order valence-corrected chi connectivity index (χ0v) is 9.79. The molecular weight excluding hydrogens is 190 g/mol. The standard InChI is InChI=1S/C11H19N3O/c1-5-9-6-12-14-10(9)13-11(15)8(4)7(2)3/h6-8H,5H2,1-4H3,(H2,12,13,14,15). The summed E-state index contributed by atoms with van der Waals surface area (Å²) in [5.74, 6) is 1.13. The van der Waals surface area contributed by atoms with Crippen LogP contribution in [-0.4, -0.2) is 16.1 Å². The molecule has 1 atom stereocenters. The molecule has 1 heterocycles. The number of hydrogen-bond donors (Lipinski definition) is 2. The van der Waals surface area contributed by atoms with E-state index < -0.39 is 0 Å². The minimum atomic E-state index is 0.0120. The van der Waals surface area contributed by atoms with Gasteiger partial charge in [-0.05, 0) is 12.3 Å². The number of aromatic amines is 1. The van der Waals surface area contributed by atoms with Gasteiger partial charge in [-0.1, -0.05) is 27.7 Å². The molecule has 0 fully saturated rings. The quantitative estimate of drug-likeness (QED) is 0.798. The normalized spacial score (nSPS) is 12.9. The van der Waals surface area contributed by atoms with E-state index in [1.54, 1.807) is 6.20 Å². The fourth-order valence-corrected chi connectivity index (χ4v) is 1.23. The van der Waals surface area contributed by atoms with Crippen molar-refractivity contribution < 1.29 is 4.79 Å². The maximum Gasteiger partial charge on any atom is 0.228 e. The molecule has 4 nitrogen and oxygen atoms in total. The Kier molecular flexibility index (Phi) is 3.88. The monoisotopic (exact) mass is 209 g/mol. The largest absolute Gasteiger partial charge is 0.311 e. The summed E-state index contributed by atoms with van der Waals surface area (Å²) >= 11 is 0. The Hall–Kier alpha value is -1.32. The molecule has 0 aliphatic rings. The van der Waals surface area contributed by atoms with E-state index in [1.165, 1.54) is 0 Å². The summed E-state index contributed by atoms with van der Waals surface area (Å²) in [6.45, 7) is 8.05. The van der Waals surface area contributed by atoms with Gasteiger partial charge in [-0.15, -0.1) is 0 Å². The molecule has 1 rings (SSSR count). The Morgan fingerprint density at radius 3 is 2.73 bits per heavy atom. The van der Waals surface area contributed by atoms with E-state index in [1.807, 2.05) is 27.7 Å². The van der Waals surface area contributed by atoms with Crippen LogP contribution in [0, 0.1) is 11.8 Å². The van der Waals surface area contributed by atoms with Gasteiger partial charge in [-0.2, -0.15) is 5.10 Å². The zero-order chi connectivity index (χ0) is 11.4. The summed E-state index contributed by atoms with van der Waals surface area (Å²) in [5, 5.41) is 9.58. The Labute approximate surface area is 90.5 Å². The molecule has 0 saturated carbocycles. The smallest absolute Gasteiger partial charge is 0.228 e. The predicted molar refractivity (Wildman–Crippen MR) is 60.6 cm³/mol. The molecule has 0 spiro atoms. The van der Waals surface area contributed by atoms with Gasteiger partial charge in [0.15, 0.2) is 0 Å². The van der Waals surface area contributed by atoms with E-state index in [0.717, 1.165) is 17.8 Å². The van der Waals surface area contributed by atoms with Crippen molar-refractivity contribution in [1.82, 2.24) is 10.2 Å². The molecule has 4 heteroatoms. The highest BCUT2D eigenvalue weighted by Crippen LogP contribution is 2.15. The fourth-order valence-electron chi connectivity index (χ4n) is 1.23. The Balaban J connectivity index is 2.66. The molecular formula is C11H19N3O. The number of H-pyrrole nitrogens is 1. The summed E-state index contributed by atoms with van der Waals surface area (Å²) in [6.07, 6.45) is 2.61. The molecule has 15 heavy (non-hydrogen) atoms. The van der Waals surface area contributed by atoms with Crippen LogP contribution in [0.25, 0.3) is 0 Å². The first-order valence-electron chi connectivity index (χ1n) is 5.39. The molecule has 0 aromatic carbocycles. The van der Waals surface area contributed by atoms with Gasteiger partial charge < -0.3 is 5.32 Å². The van der Waals surface area contributed by atoms with Crippen LogP contribution in [-0.2, 0) is 11.2 Å². The van der Waals surface area contributed by atoms with Crippen LogP contribution in [0.2, 0.25) is 0 Å². The van der Waals surface area contributed by atoms with Gasteiger partial charge in [0.1, 0.15) is 5.82 Å². The minimum absolute atomic E-state index is 0.0120. The van der Waals surface area contributed by atoms with Crippen LogP contribution >= 0.6 is 0 Å². The Morgan fingerprint density at radius 1 is 1.53 bits per heavy atom. The third kappa shape index (κ3) is 2.81. The summed E-state index contributed by atoms with van der Waals surface area (Å²) in [4.78, 5) is 11.8. The first kappa shape index (κ1) is 11.8. The van der Waals surface area contributed by atoms with Gasteiger partial charge in [-0.25, -0.2) is 0 Å². The molecule has 2 N–H and O–H groups in total. The highest BCUT2D eigenvalue weighted by molar-refractivity contribution is 5.92. The molecule has 0 bridgehead atoms. The van der Waals surface area contributed by atoms with Gasteiger partial charge in [-0.3, -0.25) is 9.89 Å². The van der Waals surface area contributed by atoms with Gasteiger partial charge in [0.2, 0.25) is 5.91 Å². The summed E-state index contributed by atoms with van der Waals surface area (Å²) < 4.78 is 0. The number of amides is 1. The lowest BCUT2D eigenvalue weighted by atomic mass is 9.97. The van der Waals surface area contributed by atoms with Crippen molar-refractivity contribution in [2.75, 3.05) is 5.32 Å². The topological polar surface area (TPSA) is 57.8 Å². The number of nitrogens with one attached hydrogen (secondary N) is 2. The van der Waals surface area contributed by atoms with Crippen LogP contribution in [0.1, 0.15) is 33.3 Å². The number of hydrogen-bond acceptors (Lipinski definition) is 2. The van der Waals surface area contributed by atoms with Crippen LogP contribution in [0.3, 0.4) is 0 Å². The SMILES string of the molecule is CCc1cn[nH]c1NC(=O)C(C)C(C)C. The lowest BCUT2D eigenvalue weighted by molar-refractivity contribution is -0.120. The molecule has 0 aliphatic carbocycles. The van der Waals surface area contributed by atoms with Crippen molar-refractivity contribution in [3.05, 3.63) is 11.8 Å². The molecule has 84 valence electrons. The van der Waals surface area contributed by atoms with E-state index in [0.29, 0.717) is 5.92 Å². The molecule has 1 aromatic rings. The maximum absolute atomic E-state index is 11.8. The molecule has 0 aliphatic heterocycles. The Bertz CT molecular complexity index is 330. The van der Waals surface area contributed by atoms with Crippen molar-refractivity contribution in [2.45, 2.75) is 34.1 Å². The molecule has 1 unspecified atom stereocenters. The van der Waals surface area contributed by atoms with Crippen LogP contribution in [0.5, 0.6) is 0 Å². The molecule has 1 amide bonds. The number of carbonyl (C=O) groups excluding carboxylic acids is 1. The average Bonchev–Trinajstić information content (AvgIpc) is 2.63. The Morgan fingerprint density at radius 2 is 2.20 bits per heavy atom. The third-order valence-electron chi connectivity index (χ3n) is 2.76. The number of carbonyl (C=O) groups is 1. The number of aryl methyl sites for hydroxylation is 1. The lowest BCUT2D eigenvalue weighted by Gasteiger charge is -2.14. The summed E-state index contributed by atoms with van der Waals surface area (Å²) in [7, 11) is 0. The second-order valence-electron chi connectivity index (χ2n) is 4.15. The predicted octanol–water partition coefficient (Wildman–Crippen LogP) is 2.20. The lowest BCUT2D eigenvalue weighted by Crippen LogP contribution is -2.24. The second kappa shape index (κ2) is 4.96. The number of nitrogens with zero attached hydrogens (tertiary/aromatic N) is 1. The fraction of sp³-hybridized carbons (Fsp3) is 0.636. The van der Waals surface area contributed by atoms with Crippen molar-refractivity contribution in [2.24, 2.45) is 11.8 Å². The van der Waals surface area contributed by atoms with E-state index in [2.05, 4.69) is 15.5 Å². The van der Waals surface area contributed by atoms with Crippen LogP contribution in [0.4, 0.5) is 5.82 Å². The van der Waals surface area contributed by atoms with Crippen molar-refractivity contribution in [1.29, 1.82) is 0 Å². The minimum Gasteiger partial charge on any atom is -0.311 e. The number of anilines is 1. The van der Waals surface area contributed by atoms with E-state index in [4.69, 9.17) is 0 Å². The second-order valence-corrected chi connectivity index (χ2v) is 4.15. The van der Waals surface area contributed by atoms with E-state index in [-0.39, 0.29) is 11.8 Å². The van der Waals surface area contributed by atoms with Crippen LogP contribution in [0.15, 0.2) is 6.20 Å². The maximum atomic E-state index is 11.8. The number of rotatable bonds is 4. The third-order valence-corrected chi connectivity index (χ3v) is 2.76. The van der Waals surface area contributed by atoms with E-state index >= 15 is 0 Å². The van der Waals surface area contributed by atoms with Crippen molar-refractivity contribution >= 4 is 11.7 Å². The van der Waals surface area contributed by atoms with Gasteiger partial charge >= 0.3 is 0 Å². The zero-order valence-electron chi connectivity index (χ0n) is 9.79. The highest BCUT2D eigenvalue weighted by atomic mass is 16.1.